The van der Waals surface area contributed by atoms with Crippen LogP contribution in [0.4, 0.5) is 17.1 Å². The van der Waals surface area contributed by atoms with Gasteiger partial charge in [-0.25, -0.2) is 4.90 Å². The van der Waals surface area contributed by atoms with Crippen molar-refractivity contribution in [2.24, 2.45) is 0 Å². The van der Waals surface area contributed by atoms with E-state index in [4.69, 9.17) is 10.00 Å². The Hall–Kier alpha value is -4.90. The third-order valence-corrected chi connectivity index (χ3v) is 5.19. The number of methoxy groups -OCH3 is 1. The summed E-state index contributed by atoms with van der Waals surface area (Å²) >= 11 is 0. The fourth-order valence-electron chi connectivity index (χ4n) is 3.58. The van der Waals surface area contributed by atoms with E-state index < -0.39 is 11.8 Å². The summed E-state index contributed by atoms with van der Waals surface area (Å²) in [5.41, 5.74) is 2.77. The highest BCUT2D eigenvalue weighted by atomic mass is 16.5. The molecular weight excluding hydrogens is 432 g/mol. The van der Waals surface area contributed by atoms with Crippen molar-refractivity contribution in [2.45, 2.75) is 6.92 Å². The average Bonchev–Trinajstić information content (AvgIpc) is 3.09. The number of amides is 3. The van der Waals surface area contributed by atoms with E-state index in [1.807, 2.05) is 6.07 Å². The van der Waals surface area contributed by atoms with Gasteiger partial charge in [0.15, 0.2) is 0 Å². The highest BCUT2D eigenvalue weighted by Crippen LogP contribution is 2.34. The summed E-state index contributed by atoms with van der Waals surface area (Å²) in [5.74, 6) is -0.584. The predicted octanol–water partition coefficient (Wildman–Crippen LogP) is 3.92. The van der Waals surface area contributed by atoms with Crippen LogP contribution in [0.15, 0.2) is 78.5 Å². The van der Waals surface area contributed by atoms with Gasteiger partial charge in [0.1, 0.15) is 11.4 Å². The van der Waals surface area contributed by atoms with Crippen LogP contribution in [0, 0.1) is 11.3 Å². The van der Waals surface area contributed by atoms with Crippen LogP contribution < -0.4 is 20.3 Å². The first-order chi connectivity index (χ1) is 16.4. The van der Waals surface area contributed by atoms with E-state index in [2.05, 4.69) is 10.6 Å². The molecule has 0 atom stereocenters. The average molecular weight is 452 g/mol. The minimum atomic E-state index is -0.522. The van der Waals surface area contributed by atoms with E-state index in [0.29, 0.717) is 33.9 Å². The molecule has 3 aromatic carbocycles. The summed E-state index contributed by atoms with van der Waals surface area (Å²) in [6.45, 7) is 1.40. The first-order valence-corrected chi connectivity index (χ1v) is 10.3. The molecule has 0 aliphatic carbocycles. The topological polar surface area (TPSA) is 112 Å². The lowest BCUT2D eigenvalue weighted by atomic mass is 10.0. The van der Waals surface area contributed by atoms with Crippen LogP contribution in [0.1, 0.15) is 18.1 Å². The second-order valence-electron chi connectivity index (χ2n) is 7.47. The molecule has 34 heavy (non-hydrogen) atoms. The van der Waals surface area contributed by atoms with Gasteiger partial charge in [0.25, 0.3) is 11.8 Å². The smallest absolute Gasteiger partial charge is 0.282 e. The fraction of sp³-hybridized carbons (Fsp3) is 0.0769. The summed E-state index contributed by atoms with van der Waals surface area (Å²) < 4.78 is 5.18. The van der Waals surface area contributed by atoms with Gasteiger partial charge in [0.2, 0.25) is 5.91 Å². The van der Waals surface area contributed by atoms with Crippen molar-refractivity contribution in [3.63, 3.8) is 0 Å². The van der Waals surface area contributed by atoms with E-state index in [1.165, 1.54) is 6.92 Å². The molecule has 0 radical (unpaired) electrons. The molecule has 3 amide bonds. The zero-order chi connectivity index (χ0) is 24.2. The first kappa shape index (κ1) is 22.3. The Kier molecular flexibility index (Phi) is 6.10. The second-order valence-corrected chi connectivity index (χ2v) is 7.47. The summed E-state index contributed by atoms with van der Waals surface area (Å²) in [6, 6.07) is 21.9. The predicted molar refractivity (Wildman–Crippen MR) is 128 cm³/mol. The molecule has 3 aromatic rings. The van der Waals surface area contributed by atoms with Crippen molar-refractivity contribution in [1.82, 2.24) is 0 Å². The number of hydrogen-bond donors (Lipinski definition) is 2. The van der Waals surface area contributed by atoms with Crippen molar-refractivity contribution < 1.29 is 19.1 Å². The minimum Gasteiger partial charge on any atom is -0.497 e. The summed E-state index contributed by atoms with van der Waals surface area (Å²) in [7, 11) is 1.56. The van der Waals surface area contributed by atoms with Gasteiger partial charge in [-0.2, -0.15) is 5.26 Å². The van der Waals surface area contributed by atoms with E-state index in [1.54, 1.807) is 79.9 Å². The summed E-state index contributed by atoms with van der Waals surface area (Å²) in [4.78, 5) is 39.3. The number of rotatable bonds is 6. The van der Waals surface area contributed by atoms with Gasteiger partial charge in [0, 0.05) is 18.3 Å². The molecule has 168 valence electrons. The number of nitrogens with zero attached hydrogens (tertiary/aromatic N) is 2. The Bertz CT molecular complexity index is 1340. The van der Waals surface area contributed by atoms with Crippen molar-refractivity contribution in [2.75, 3.05) is 22.6 Å². The van der Waals surface area contributed by atoms with Crippen molar-refractivity contribution in [1.29, 1.82) is 5.26 Å². The van der Waals surface area contributed by atoms with Crippen LogP contribution in [0.3, 0.4) is 0 Å². The van der Waals surface area contributed by atoms with Crippen LogP contribution in [0.25, 0.3) is 5.57 Å². The van der Waals surface area contributed by atoms with E-state index >= 15 is 0 Å². The molecular formula is C26H20N4O4. The summed E-state index contributed by atoms with van der Waals surface area (Å²) in [5, 5.41) is 14.8. The van der Waals surface area contributed by atoms with Gasteiger partial charge in [-0.05, 0) is 66.2 Å². The largest absolute Gasteiger partial charge is 0.497 e. The van der Waals surface area contributed by atoms with E-state index in [0.717, 1.165) is 4.90 Å². The monoisotopic (exact) mass is 452 g/mol. The lowest BCUT2D eigenvalue weighted by Crippen LogP contribution is -2.32. The molecule has 0 fully saturated rings. The number of benzene rings is 3. The van der Waals surface area contributed by atoms with Crippen LogP contribution in [-0.4, -0.2) is 24.8 Å². The van der Waals surface area contributed by atoms with Crippen molar-refractivity contribution in [3.05, 3.63) is 89.6 Å². The third kappa shape index (κ3) is 4.36. The molecule has 0 saturated heterocycles. The van der Waals surface area contributed by atoms with Crippen LogP contribution in [0.2, 0.25) is 0 Å². The van der Waals surface area contributed by atoms with Crippen molar-refractivity contribution >= 4 is 40.4 Å². The quantitative estimate of drug-likeness (QED) is 0.549. The van der Waals surface area contributed by atoms with E-state index in [9.17, 15) is 14.4 Å². The number of hydrogen-bond acceptors (Lipinski definition) is 6. The molecule has 2 N–H and O–H groups in total. The van der Waals surface area contributed by atoms with Gasteiger partial charge in [-0.15, -0.1) is 0 Å². The minimum absolute atomic E-state index is 0.117. The maximum absolute atomic E-state index is 13.5. The molecule has 1 aliphatic heterocycles. The molecule has 4 rings (SSSR count). The van der Waals surface area contributed by atoms with Crippen molar-refractivity contribution in [3.8, 4) is 11.8 Å². The Morgan fingerprint density at radius 2 is 1.50 bits per heavy atom. The summed E-state index contributed by atoms with van der Waals surface area (Å²) in [6.07, 6.45) is 0. The second kappa shape index (κ2) is 9.30. The lowest BCUT2D eigenvalue weighted by molar-refractivity contribution is -0.120. The number of carbonyl (C=O) groups is 3. The van der Waals surface area contributed by atoms with Gasteiger partial charge < -0.3 is 15.4 Å². The fourth-order valence-corrected chi connectivity index (χ4v) is 3.58. The lowest BCUT2D eigenvalue weighted by Gasteiger charge is -2.15. The maximum Gasteiger partial charge on any atom is 0.282 e. The standard InChI is InChI=1S/C26H20N4O4/c1-16(31)28-19-7-5-18(6-8-19)23-24(29-20-9-13-22(34-2)14-10-20)26(33)30(25(23)32)21-11-3-17(15-27)4-12-21/h3-14,29H,1-2H3,(H,28,31). The zero-order valence-corrected chi connectivity index (χ0v) is 18.5. The molecule has 0 spiro atoms. The number of ether oxygens (including phenoxy) is 1. The third-order valence-electron chi connectivity index (χ3n) is 5.19. The Morgan fingerprint density at radius 3 is 2.06 bits per heavy atom. The highest BCUT2D eigenvalue weighted by molar-refractivity contribution is 6.46. The molecule has 1 heterocycles. The normalized spacial score (nSPS) is 13.0. The first-order valence-electron chi connectivity index (χ1n) is 10.3. The number of carbonyl (C=O) groups excluding carboxylic acids is 3. The Balaban J connectivity index is 1.76. The van der Waals surface area contributed by atoms with Gasteiger partial charge >= 0.3 is 0 Å². The Labute approximate surface area is 196 Å². The molecule has 8 heteroatoms. The van der Waals surface area contributed by atoms with Gasteiger partial charge in [-0.3, -0.25) is 14.4 Å². The number of nitrogens with one attached hydrogen (secondary N) is 2. The molecule has 8 nitrogen and oxygen atoms in total. The number of anilines is 3. The highest BCUT2D eigenvalue weighted by Gasteiger charge is 2.40. The van der Waals surface area contributed by atoms with E-state index in [-0.39, 0.29) is 17.2 Å². The maximum atomic E-state index is 13.5. The van der Waals surface area contributed by atoms with Crippen LogP contribution in [0.5, 0.6) is 5.75 Å². The molecule has 0 bridgehead atoms. The zero-order valence-electron chi connectivity index (χ0n) is 18.5. The van der Waals surface area contributed by atoms with Crippen LogP contribution >= 0.6 is 0 Å². The van der Waals surface area contributed by atoms with Gasteiger partial charge in [-0.1, -0.05) is 12.1 Å². The molecule has 0 saturated carbocycles. The molecule has 0 unspecified atom stereocenters. The number of imide groups is 1. The van der Waals surface area contributed by atoms with Gasteiger partial charge in [0.05, 0.1) is 30.0 Å². The SMILES string of the molecule is COc1ccc(NC2=C(c3ccc(NC(C)=O)cc3)C(=O)N(c3ccc(C#N)cc3)C2=O)cc1. The van der Waals surface area contributed by atoms with Crippen LogP contribution in [-0.2, 0) is 14.4 Å². The number of nitriles is 1. The Morgan fingerprint density at radius 1 is 0.882 bits per heavy atom. The molecule has 1 aliphatic rings. The molecule has 0 aromatic heterocycles.